The quantitative estimate of drug-likeness (QED) is 0.826. The minimum Gasteiger partial charge on any atom is -0.397 e. The van der Waals surface area contributed by atoms with E-state index in [1.54, 1.807) is 12.5 Å². The van der Waals surface area contributed by atoms with E-state index in [9.17, 15) is 0 Å². The Bertz CT molecular complexity index is 479. The number of aromatic nitrogens is 4. The zero-order chi connectivity index (χ0) is 10.8. The number of nitrogen functional groups attached to an aromatic ring is 1. The molecule has 2 rings (SSSR count). The maximum absolute atomic E-state index is 5.85. The number of anilines is 1. The van der Waals surface area contributed by atoms with Gasteiger partial charge in [-0.1, -0.05) is 0 Å². The zero-order valence-electron chi connectivity index (χ0n) is 8.51. The lowest BCUT2D eigenvalue weighted by atomic mass is 10.3. The third-order valence-corrected chi connectivity index (χ3v) is 2.96. The first-order valence-corrected chi connectivity index (χ1v) is 5.22. The monoisotopic (exact) mass is 221 g/mol. The van der Waals surface area contributed by atoms with Gasteiger partial charge >= 0.3 is 0 Å². The molecule has 15 heavy (non-hydrogen) atoms. The molecular weight excluding hydrogens is 210 g/mol. The van der Waals surface area contributed by atoms with Gasteiger partial charge in [0.05, 0.1) is 5.69 Å². The first-order chi connectivity index (χ1) is 7.16. The third-order valence-electron chi connectivity index (χ3n) is 1.87. The highest BCUT2D eigenvalue weighted by Gasteiger charge is 2.07. The number of nitrogens with two attached hydrogens (primary N) is 1. The Labute approximate surface area is 91.7 Å². The van der Waals surface area contributed by atoms with Crippen molar-refractivity contribution >= 4 is 17.4 Å². The van der Waals surface area contributed by atoms with E-state index in [0.717, 1.165) is 15.7 Å². The van der Waals surface area contributed by atoms with Crippen molar-refractivity contribution in [3.05, 3.63) is 24.2 Å². The van der Waals surface area contributed by atoms with Crippen molar-refractivity contribution in [2.45, 2.75) is 17.1 Å². The molecule has 2 heterocycles. The van der Waals surface area contributed by atoms with Crippen molar-refractivity contribution in [3.63, 3.8) is 0 Å². The highest BCUT2D eigenvalue weighted by Crippen LogP contribution is 2.28. The fraction of sp³-hybridized carbons (Fsp3) is 0.222. The van der Waals surface area contributed by atoms with Crippen molar-refractivity contribution in [2.24, 2.45) is 7.05 Å². The fourth-order valence-electron chi connectivity index (χ4n) is 1.12. The summed E-state index contributed by atoms with van der Waals surface area (Å²) in [7, 11) is 1.88. The highest BCUT2D eigenvalue weighted by atomic mass is 32.2. The summed E-state index contributed by atoms with van der Waals surface area (Å²) in [5, 5.41) is 9.28. The summed E-state index contributed by atoms with van der Waals surface area (Å²) in [6.07, 6.45) is 3.43. The van der Waals surface area contributed by atoms with Crippen LogP contribution in [0.15, 0.2) is 28.8 Å². The average Bonchev–Trinajstić information content (AvgIpc) is 2.57. The predicted octanol–water partition coefficient (Wildman–Crippen LogP) is 1.25. The van der Waals surface area contributed by atoms with E-state index in [1.807, 2.05) is 24.6 Å². The van der Waals surface area contributed by atoms with Gasteiger partial charge < -0.3 is 10.3 Å². The summed E-state index contributed by atoms with van der Waals surface area (Å²) < 4.78 is 1.83. The lowest BCUT2D eigenvalue weighted by molar-refractivity contribution is 0.787. The highest BCUT2D eigenvalue weighted by molar-refractivity contribution is 7.99. The Morgan fingerprint density at radius 1 is 1.47 bits per heavy atom. The Hall–Kier alpha value is -1.56. The van der Waals surface area contributed by atoms with Crippen LogP contribution in [0.1, 0.15) is 5.56 Å². The first kappa shape index (κ1) is 9.97. The molecule has 0 fully saturated rings. The second-order valence-corrected chi connectivity index (χ2v) is 4.19. The molecule has 0 atom stereocenters. The van der Waals surface area contributed by atoms with Gasteiger partial charge in [0.1, 0.15) is 11.4 Å². The SMILES string of the molecule is Cc1cnc(Sc2nncn2C)c(N)c1. The van der Waals surface area contributed by atoms with Crippen molar-refractivity contribution in [1.29, 1.82) is 0 Å². The molecule has 2 aromatic rings. The molecule has 6 heteroatoms. The van der Waals surface area contributed by atoms with Crippen LogP contribution in [0.25, 0.3) is 0 Å². The topological polar surface area (TPSA) is 69.6 Å². The number of aryl methyl sites for hydroxylation is 2. The maximum Gasteiger partial charge on any atom is 0.197 e. The summed E-state index contributed by atoms with van der Waals surface area (Å²) in [4.78, 5) is 4.25. The van der Waals surface area contributed by atoms with Crippen LogP contribution in [-0.4, -0.2) is 19.7 Å². The number of hydrogen-bond acceptors (Lipinski definition) is 5. The third kappa shape index (κ3) is 2.10. The summed E-state index contributed by atoms with van der Waals surface area (Å²) in [5.74, 6) is 0. The van der Waals surface area contributed by atoms with Crippen LogP contribution < -0.4 is 5.73 Å². The molecule has 0 unspecified atom stereocenters. The standard InChI is InChI=1S/C9H11N5S/c1-6-3-7(10)8(11-4-6)15-9-13-12-5-14(9)2/h3-5H,10H2,1-2H3. The van der Waals surface area contributed by atoms with Gasteiger partial charge in [0, 0.05) is 13.2 Å². The van der Waals surface area contributed by atoms with E-state index in [0.29, 0.717) is 5.69 Å². The van der Waals surface area contributed by atoms with Gasteiger partial charge in [-0.2, -0.15) is 0 Å². The number of nitrogens with zero attached hydrogens (tertiary/aromatic N) is 4. The summed E-state index contributed by atoms with van der Waals surface area (Å²) in [6.45, 7) is 1.96. The van der Waals surface area contributed by atoms with Crippen molar-refractivity contribution in [3.8, 4) is 0 Å². The minimum atomic E-state index is 0.669. The maximum atomic E-state index is 5.85. The normalized spacial score (nSPS) is 10.5. The van der Waals surface area contributed by atoms with Crippen LogP contribution in [-0.2, 0) is 7.05 Å². The van der Waals surface area contributed by atoms with Crippen molar-refractivity contribution in [1.82, 2.24) is 19.7 Å². The van der Waals surface area contributed by atoms with Gasteiger partial charge in [-0.3, -0.25) is 0 Å². The van der Waals surface area contributed by atoms with E-state index >= 15 is 0 Å². The lowest BCUT2D eigenvalue weighted by Crippen LogP contribution is -1.95. The van der Waals surface area contributed by atoms with Crippen LogP contribution in [0.4, 0.5) is 5.69 Å². The summed E-state index contributed by atoms with van der Waals surface area (Å²) in [6, 6.07) is 1.89. The van der Waals surface area contributed by atoms with E-state index in [2.05, 4.69) is 15.2 Å². The second kappa shape index (κ2) is 3.90. The Balaban J connectivity index is 2.29. The van der Waals surface area contributed by atoms with Crippen LogP contribution in [0, 0.1) is 6.92 Å². The van der Waals surface area contributed by atoms with Gasteiger partial charge in [0.2, 0.25) is 0 Å². The van der Waals surface area contributed by atoms with Crippen LogP contribution in [0.5, 0.6) is 0 Å². The molecular formula is C9H11N5S. The zero-order valence-corrected chi connectivity index (χ0v) is 9.32. The molecule has 78 valence electrons. The molecule has 0 bridgehead atoms. The molecule has 5 nitrogen and oxygen atoms in total. The van der Waals surface area contributed by atoms with E-state index in [4.69, 9.17) is 5.73 Å². The molecule has 0 spiro atoms. The molecule has 0 saturated carbocycles. The number of pyridine rings is 1. The number of hydrogen-bond donors (Lipinski definition) is 1. The molecule has 0 aliphatic heterocycles. The largest absolute Gasteiger partial charge is 0.397 e. The Morgan fingerprint density at radius 2 is 2.27 bits per heavy atom. The van der Waals surface area contributed by atoms with Gasteiger partial charge in [0.25, 0.3) is 0 Å². The van der Waals surface area contributed by atoms with Crippen molar-refractivity contribution < 1.29 is 0 Å². The summed E-state index contributed by atoms with van der Waals surface area (Å²) >= 11 is 1.41. The average molecular weight is 221 g/mol. The molecule has 0 aliphatic carbocycles. The fourth-order valence-corrected chi connectivity index (χ4v) is 1.85. The van der Waals surface area contributed by atoms with Crippen LogP contribution in [0.2, 0.25) is 0 Å². The van der Waals surface area contributed by atoms with Crippen molar-refractivity contribution in [2.75, 3.05) is 5.73 Å². The van der Waals surface area contributed by atoms with Gasteiger partial charge in [-0.05, 0) is 30.3 Å². The molecule has 0 aliphatic rings. The Kier molecular flexibility index (Phi) is 2.59. The predicted molar refractivity (Wildman–Crippen MR) is 58.5 cm³/mol. The molecule has 2 aromatic heterocycles. The first-order valence-electron chi connectivity index (χ1n) is 4.41. The van der Waals surface area contributed by atoms with Crippen LogP contribution >= 0.6 is 11.8 Å². The molecule has 0 saturated heterocycles. The Morgan fingerprint density at radius 3 is 2.87 bits per heavy atom. The summed E-state index contributed by atoms with van der Waals surface area (Å²) in [5.41, 5.74) is 7.57. The minimum absolute atomic E-state index is 0.669. The van der Waals surface area contributed by atoms with Gasteiger partial charge in [0.15, 0.2) is 5.16 Å². The number of rotatable bonds is 2. The van der Waals surface area contributed by atoms with E-state index in [-0.39, 0.29) is 0 Å². The second-order valence-electron chi connectivity index (χ2n) is 3.23. The molecule has 0 aromatic carbocycles. The lowest BCUT2D eigenvalue weighted by Gasteiger charge is -2.03. The molecule has 0 amide bonds. The molecule has 2 N–H and O–H groups in total. The smallest absolute Gasteiger partial charge is 0.197 e. The van der Waals surface area contributed by atoms with E-state index in [1.165, 1.54) is 11.8 Å². The molecule has 0 radical (unpaired) electrons. The van der Waals surface area contributed by atoms with Crippen LogP contribution in [0.3, 0.4) is 0 Å². The van der Waals surface area contributed by atoms with Gasteiger partial charge in [-0.15, -0.1) is 10.2 Å². The van der Waals surface area contributed by atoms with Gasteiger partial charge in [-0.25, -0.2) is 4.98 Å². The van der Waals surface area contributed by atoms with E-state index < -0.39 is 0 Å².